The first-order chi connectivity index (χ1) is 13.7. The summed E-state index contributed by atoms with van der Waals surface area (Å²) in [4.78, 5) is 13.2. The van der Waals surface area contributed by atoms with Crippen LogP contribution in [0.1, 0.15) is 17.0 Å². The van der Waals surface area contributed by atoms with Gasteiger partial charge >= 0.3 is 0 Å². The zero-order valence-electron chi connectivity index (χ0n) is 14.6. The minimum absolute atomic E-state index is 0.0000825. The number of fused-ring (bicyclic) bond motifs is 3. The molecule has 2 N–H and O–H groups in total. The van der Waals surface area contributed by atoms with E-state index in [2.05, 4.69) is 6.07 Å². The van der Waals surface area contributed by atoms with Crippen LogP contribution < -0.4 is 25.4 Å². The van der Waals surface area contributed by atoms with Crippen LogP contribution >= 0.6 is 0 Å². The molecule has 0 bridgehead atoms. The van der Waals surface area contributed by atoms with Crippen LogP contribution in [0.4, 0.5) is 0 Å². The number of benzene rings is 2. The average Bonchev–Trinajstić information content (AvgIpc) is 2.72. The number of hydrogen-bond acceptors (Lipinski definition) is 7. The molecule has 3 heterocycles. The molecule has 0 saturated heterocycles. The maximum absolute atomic E-state index is 13.2. The zero-order valence-corrected chi connectivity index (χ0v) is 14.6. The van der Waals surface area contributed by atoms with Crippen LogP contribution in [-0.2, 0) is 0 Å². The van der Waals surface area contributed by atoms with Gasteiger partial charge in [-0.25, -0.2) is 0 Å². The van der Waals surface area contributed by atoms with Gasteiger partial charge in [-0.1, -0.05) is 18.2 Å². The van der Waals surface area contributed by atoms with Crippen molar-refractivity contribution in [1.29, 1.82) is 5.26 Å². The topological polar surface area (TPSA) is 108 Å². The van der Waals surface area contributed by atoms with Gasteiger partial charge in [0.25, 0.3) is 5.95 Å². The number of rotatable bonds is 1. The normalized spacial score (nSPS) is 17.6. The molecule has 3 aromatic rings. The highest BCUT2D eigenvalue weighted by Crippen LogP contribution is 2.43. The van der Waals surface area contributed by atoms with Gasteiger partial charge in [-0.05, 0) is 29.8 Å². The summed E-state index contributed by atoms with van der Waals surface area (Å²) >= 11 is 0. The minimum atomic E-state index is -0.731. The molecule has 0 saturated carbocycles. The molecule has 7 nitrogen and oxygen atoms in total. The number of ether oxygens (including phenoxy) is 3. The summed E-state index contributed by atoms with van der Waals surface area (Å²) in [5, 5.41) is 10.1. The summed E-state index contributed by atoms with van der Waals surface area (Å²) in [5.74, 6) is 0.347. The Balaban J connectivity index is 1.79. The van der Waals surface area contributed by atoms with Gasteiger partial charge < -0.3 is 24.4 Å². The van der Waals surface area contributed by atoms with E-state index in [1.54, 1.807) is 42.5 Å². The maximum Gasteiger partial charge on any atom is 0.300 e. The first-order valence-electron chi connectivity index (χ1n) is 8.70. The molecular weight excluding hydrogens is 360 g/mol. The molecule has 0 unspecified atom stereocenters. The van der Waals surface area contributed by atoms with Crippen LogP contribution in [0.15, 0.2) is 63.1 Å². The van der Waals surface area contributed by atoms with Gasteiger partial charge in [0.15, 0.2) is 11.5 Å². The van der Waals surface area contributed by atoms with E-state index in [0.29, 0.717) is 41.2 Å². The summed E-state index contributed by atoms with van der Waals surface area (Å²) in [6, 6.07) is 14.2. The molecule has 138 valence electrons. The SMILES string of the molecule is N#CC1=C(N)Oc2oc3ccccc3c(=O)c2[C@H]1c1ccc2c(c1)OCCO2. The largest absolute Gasteiger partial charge is 0.486 e. The van der Waals surface area contributed by atoms with Crippen molar-refractivity contribution in [3.05, 3.63) is 75.3 Å². The van der Waals surface area contributed by atoms with E-state index in [9.17, 15) is 10.1 Å². The fourth-order valence-corrected chi connectivity index (χ4v) is 3.59. The molecule has 2 aromatic carbocycles. The third-order valence-corrected chi connectivity index (χ3v) is 4.86. The van der Waals surface area contributed by atoms with Crippen molar-refractivity contribution < 1.29 is 18.6 Å². The third-order valence-electron chi connectivity index (χ3n) is 4.86. The van der Waals surface area contributed by atoms with Crippen LogP contribution in [-0.4, -0.2) is 13.2 Å². The lowest BCUT2D eigenvalue weighted by atomic mass is 9.84. The molecule has 1 atom stereocenters. The van der Waals surface area contributed by atoms with Crippen molar-refractivity contribution in [1.82, 2.24) is 0 Å². The number of allylic oxidation sites excluding steroid dienone is 1. The molecule has 0 radical (unpaired) electrons. The van der Waals surface area contributed by atoms with Crippen molar-refractivity contribution in [3.8, 4) is 23.5 Å². The lowest BCUT2D eigenvalue weighted by Crippen LogP contribution is -2.26. The number of para-hydroxylation sites is 1. The van der Waals surface area contributed by atoms with Crippen LogP contribution in [0.5, 0.6) is 17.4 Å². The van der Waals surface area contributed by atoms with E-state index in [-0.39, 0.29) is 28.4 Å². The van der Waals surface area contributed by atoms with Crippen LogP contribution in [0.2, 0.25) is 0 Å². The Morgan fingerprint density at radius 2 is 1.86 bits per heavy atom. The van der Waals surface area contributed by atoms with E-state index in [1.807, 2.05) is 0 Å². The molecule has 5 rings (SSSR count). The van der Waals surface area contributed by atoms with Gasteiger partial charge in [0.2, 0.25) is 11.3 Å². The van der Waals surface area contributed by atoms with Crippen molar-refractivity contribution in [2.45, 2.75) is 5.92 Å². The van der Waals surface area contributed by atoms with Crippen molar-refractivity contribution in [2.24, 2.45) is 5.73 Å². The van der Waals surface area contributed by atoms with Crippen molar-refractivity contribution in [2.75, 3.05) is 13.2 Å². The molecule has 2 aliphatic heterocycles. The average molecular weight is 374 g/mol. The molecule has 1 aromatic heterocycles. The Hall–Kier alpha value is -3.92. The monoisotopic (exact) mass is 374 g/mol. The molecule has 0 fully saturated rings. The molecule has 0 amide bonds. The summed E-state index contributed by atoms with van der Waals surface area (Å²) < 4.78 is 22.5. The Kier molecular flexibility index (Phi) is 3.52. The fraction of sp³-hybridized carbons (Fsp3) is 0.143. The number of nitriles is 1. The van der Waals surface area contributed by atoms with Crippen molar-refractivity contribution >= 4 is 11.0 Å². The van der Waals surface area contributed by atoms with Crippen LogP contribution in [0.25, 0.3) is 11.0 Å². The van der Waals surface area contributed by atoms with E-state index in [0.717, 1.165) is 0 Å². The molecule has 0 spiro atoms. The predicted molar refractivity (Wildman–Crippen MR) is 99.2 cm³/mol. The molecule has 28 heavy (non-hydrogen) atoms. The smallest absolute Gasteiger partial charge is 0.300 e. The molecule has 7 heteroatoms. The number of nitrogens with zero attached hydrogens (tertiary/aromatic N) is 1. The Bertz CT molecular complexity index is 1250. The minimum Gasteiger partial charge on any atom is -0.486 e. The second kappa shape index (κ2) is 6.06. The van der Waals surface area contributed by atoms with Gasteiger partial charge in [0.05, 0.1) is 16.9 Å². The number of nitrogens with two attached hydrogens (primary N) is 1. The maximum atomic E-state index is 13.2. The summed E-state index contributed by atoms with van der Waals surface area (Å²) in [6.45, 7) is 0.898. The second-order valence-electron chi connectivity index (χ2n) is 6.46. The van der Waals surface area contributed by atoms with E-state index >= 15 is 0 Å². The third kappa shape index (κ3) is 2.32. The Labute approximate surface area is 159 Å². The van der Waals surface area contributed by atoms with E-state index in [1.165, 1.54) is 0 Å². The summed E-state index contributed by atoms with van der Waals surface area (Å²) in [5.41, 5.74) is 7.15. The van der Waals surface area contributed by atoms with Gasteiger partial charge in [0.1, 0.15) is 30.4 Å². The zero-order chi connectivity index (χ0) is 19.3. The first kappa shape index (κ1) is 16.3. The highest BCUT2D eigenvalue weighted by Gasteiger charge is 2.36. The number of hydrogen-bond donors (Lipinski definition) is 1. The van der Waals surface area contributed by atoms with Gasteiger partial charge in [-0.3, -0.25) is 4.79 Å². The first-order valence-corrected chi connectivity index (χ1v) is 8.70. The highest BCUT2D eigenvalue weighted by atomic mass is 16.6. The van der Waals surface area contributed by atoms with E-state index in [4.69, 9.17) is 24.4 Å². The van der Waals surface area contributed by atoms with Gasteiger partial charge in [-0.15, -0.1) is 0 Å². The highest BCUT2D eigenvalue weighted by molar-refractivity contribution is 5.78. The summed E-state index contributed by atoms with van der Waals surface area (Å²) in [7, 11) is 0. The second-order valence-corrected chi connectivity index (χ2v) is 6.46. The predicted octanol–water partition coefficient (Wildman–Crippen LogP) is 2.78. The lowest BCUT2D eigenvalue weighted by Gasteiger charge is -2.26. The van der Waals surface area contributed by atoms with Crippen LogP contribution in [0, 0.1) is 11.3 Å². The summed E-state index contributed by atoms with van der Waals surface area (Å²) in [6.07, 6.45) is 0. The fourth-order valence-electron chi connectivity index (χ4n) is 3.59. The molecule has 0 aliphatic carbocycles. The van der Waals surface area contributed by atoms with Gasteiger partial charge in [0, 0.05) is 0 Å². The standard InChI is InChI=1S/C21H14N2O5/c22-10-13-17(11-5-6-15-16(9-11)26-8-7-25-15)18-19(24)12-3-1-2-4-14(12)27-21(18)28-20(13)23/h1-6,9,17H,7-8,23H2/t17-/m0/s1. The molecule has 2 aliphatic rings. The lowest BCUT2D eigenvalue weighted by molar-refractivity contribution is 0.171. The van der Waals surface area contributed by atoms with Crippen molar-refractivity contribution in [3.63, 3.8) is 0 Å². The molecular formula is C21H14N2O5. The van der Waals surface area contributed by atoms with Crippen LogP contribution in [0.3, 0.4) is 0 Å². The van der Waals surface area contributed by atoms with Gasteiger partial charge in [-0.2, -0.15) is 5.26 Å². The quantitative estimate of drug-likeness (QED) is 0.698. The van der Waals surface area contributed by atoms with E-state index < -0.39 is 5.92 Å². The Morgan fingerprint density at radius 1 is 1.07 bits per heavy atom. The Morgan fingerprint density at radius 3 is 2.68 bits per heavy atom.